The highest BCUT2D eigenvalue weighted by Gasteiger charge is 2.30. The number of unbranched alkanes of at least 4 members (excludes halogenated alkanes) is 1. The van der Waals surface area contributed by atoms with Crippen molar-refractivity contribution in [3.05, 3.63) is 17.4 Å². The zero-order valence-corrected chi connectivity index (χ0v) is 11.6. The Morgan fingerprint density at radius 1 is 1.61 bits per heavy atom. The van der Waals surface area contributed by atoms with Gasteiger partial charge < -0.3 is 10.4 Å². The first kappa shape index (κ1) is 15.0. The maximum Gasteiger partial charge on any atom is 0.323 e. The molecule has 1 rings (SSSR count). The first-order valence-electron chi connectivity index (χ1n) is 6.14. The fraction of sp³-hybridized carbons (Fsp3) is 0.667. The van der Waals surface area contributed by atoms with E-state index in [1.165, 1.54) is 0 Å². The number of hydrogen-bond donors (Lipinski definition) is 2. The molecular formula is C12H20ClN3O2. The van der Waals surface area contributed by atoms with Crippen LogP contribution in [0, 0.1) is 0 Å². The number of nitrogens with one attached hydrogen (secondary N) is 1. The summed E-state index contributed by atoms with van der Waals surface area (Å²) >= 11 is 5.76. The zero-order valence-electron chi connectivity index (χ0n) is 10.8. The molecule has 102 valence electrons. The van der Waals surface area contributed by atoms with E-state index in [2.05, 4.69) is 10.4 Å². The van der Waals surface area contributed by atoms with Gasteiger partial charge in [-0.25, -0.2) is 0 Å². The van der Waals surface area contributed by atoms with Gasteiger partial charge in [-0.2, -0.15) is 5.10 Å². The van der Waals surface area contributed by atoms with Gasteiger partial charge in [-0.3, -0.25) is 9.48 Å². The molecule has 0 saturated heterocycles. The Kier molecular flexibility index (Phi) is 5.62. The van der Waals surface area contributed by atoms with Crippen molar-refractivity contribution in [1.82, 2.24) is 15.1 Å². The van der Waals surface area contributed by atoms with Crippen LogP contribution in [0.5, 0.6) is 0 Å². The SMILES string of the molecule is CCNC(C)(CCCCn1cc(Cl)cn1)C(=O)O. The Morgan fingerprint density at radius 3 is 2.83 bits per heavy atom. The second-order valence-corrected chi connectivity index (χ2v) is 4.98. The van der Waals surface area contributed by atoms with E-state index >= 15 is 0 Å². The average molecular weight is 274 g/mol. The predicted octanol–water partition coefficient (Wildman–Crippen LogP) is 2.16. The lowest BCUT2D eigenvalue weighted by Crippen LogP contribution is -2.49. The van der Waals surface area contributed by atoms with Crippen LogP contribution in [0.4, 0.5) is 0 Å². The Balaban J connectivity index is 2.33. The van der Waals surface area contributed by atoms with Crippen LogP contribution in [0.25, 0.3) is 0 Å². The number of halogens is 1. The molecule has 1 atom stereocenters. The molecule has 0 fully saturated rings. The molecule has 1 aromatic heterocycles. The van der Waals surface area contributed by atoms with Crippen LogP contribution in [0.3, 0.4) is 0 Å². The molecule has 0 amide bonds. The third-order valence-electron chi connectivity index (χ3n) is 2.95. The quantitative estimate of drug-likeness (QED) is 0.713. The molecule has 1 aromatic rings. The molecule has 6 heteroatoms. The topological polar surface area (TPSA) is 67.2 Å². The molecule has 5 nitrogen and oxygen atoms in total. The minimum Gasteiger partial charge on any atom is -0.480 e. The molecule has 0 aliphatic carbocycles. The summed E-state index contributed by atoms with van der Waals surface area (Å²) in [6, 6.07) is 0. The van der Waals surface area contributed by atoms with E-state index in [4.69, 9.17) is 11.6 Å². The summed E-state index contributed by atoms with van der Waals surface area (Å²) in [4.78, 5) is 11.2. The summed E-state index contributed by atoms with van der Waals surface area (Å²) < 4.78 is 1.77. The second-order valence-electron chi connectivity index (χ2n) is 4.55. The summed E-state index contributed by atoms with van der Waals surface area (Å²) in [5.74, 6) is -0.800. The van der Waals surface area contributed by atoms with Gasteiger partial charge in [0, 0.05) is 12.7 Å². The van der Waals surface area contributed by atoms with E-state index in [0.717, 1.165) is 19.4 Å². The number of likely N-dealkylation sites (N-methyl/N-ethyl adjacent to an activating group) is 1. The van der Waals surface area contributed by atoms with Crippen molar-refractivity contribution in [2.75, 3.05) is 6.54 Å². The van der Waals surface area contributed by atoms with Crippen molar-refractivity contribution in [1.29, 1.82) is 0 Å². The van der Waals surface area contributed by atoms with Gasteiger partial charge in [-0.1, -0.05) is 18.5 Å². The fourth-order valence-corrected chi connectivity index (χ4v) is 2.03. The number of nitrogens with zero attached hydrogens (tertiary/aromatic N) is 2. The number of rotatable bonds is 8. The molecule has 0 bridgehead atoms. The van der Waals surface area contributed by atoms with Crippen molar-refractivity contribution >= 4 is 17.6 Å². The monoisotopic (exact) mass is 273 g/mol. The average Bonchev–Trinajstić information content (AvgIpc) is 2.71. The normalized spacial score (nSPS) is 14.4. The van der Waals surface area contributed by atoms with E-state index in [0.29, 0.717) is 18.0 Å². The number of aryl methyl sites for hydroxylation is 1. The number of carboxylic acid groups (broad SMARTS) is 1. The summed E-state index contributed by atoms with van der Waals surface area (Å²) in [5, 5.41) is 16.9. The highest BCUT2D eigenvalue weighted by Crippen LogP contribution is 2.15. The molecule has 2 N–H and O–H groups in total. The van der Waals surface area contributed by atoms with Crippen LogP contribution in [0.1, 0.15) is 33.1 Å². The second kappa shape index (κ2) is 6.75. The van der Waals surface area contributed by atoms with Crippen LogP contribution in [-0.4, -0.2) is 32.9 Å². The van der Waals surface area contributed by atoms with Crippen LogP contribution >= 0.6 is 11.6 Å². The maximum absolute atomic E-state index is 11.2. The minimum atomic E-state index is -0.837. The summed E-state index contributed by atoms with van der Waals surface area (Å²) in [6.07, 6.45) is 5.68. The minimum absolute atomic E-state index is 0.602. The fourth-order valence-electron chi connectivity index (χ4n) is 1.87. The molecular weight excluding hydrogens is 254 g/mol. The van der Waals surface area contributed by atoms with Crippen LogP contribution in [0.2, 0.25) is 5.02 Å². The standard InChI is InChI=1S/C12H20ClN3O2/c1-3-14-12(2,11(17)18)6-4-5-7-16-9-10(13)8-15-16/h8-9,14H,3-7H2,1-2H3,(H,17,18). The van der Waals surface area contributed by atoms with E-state index < -0.39 is 11.5 Å². The lowest BCUT2D eigenvalue weighted by atomic mass is 9.95. The lowest BCUT2D eigenvalue weighted by molar-refractivity contribution is -0.144. The number of carboxylic acids is 1. The van der Waals surface area contributed by atoms with Gasteiger partial charge in [0.25, 0.3) is 0 Å². The number of aliphatic carboxylic acids is 1. The Hall–Kier alpha value is -1.07. The summed E-state index contributed by atoms with van der Waals surface area (Å²) in [7, 11) is 0. The molecule has 1 unspecified atom stereocenters. The molecule has 0 aliphatic rings. The van der Waals surface area contributed by atoms with Crippen LogP contribution < -0.4 is 5.32 Å². The molecule has 0 aliphatic heterocycles. The first-order valence-corrected chi connectivity index (χ1v) is 6.52. The van der Waals surface area contributed by atoms with Gasteiger partial charge in [0.2, 0.25) is 0 Å². The Bertz CT molecular complexity index is 394. The van der Waals surface area contributed by atoms with Gasteiger partial charge in [0.05, 0.1) is 11.2 Å². The largest absolute Gasteiger partial charge is 0.480 e. The van der Waals surface area contributed by atoms with E-state index in [-0.39, 0.29) is 0 Å². The third-order valence-corrected chi connectivity index (χ3v) is 3.15. The molecule has 0 saturated carbocycles. The Morgan fingerprint density at radius 2 is 2.33 bits per heavy atom. The van der Waals surface area contributed by atoms with E-state index in [1.54, 1.807) is 24.0 Å². The third kappa shape index (κ3) is 4.31. The maximum atomic E-state index is 11.2. The van der Waals surface area contributed by atoms with Crippen LogP contribution in [0.15, 0.2) is 12.4 Å². The van der Waals surface area contributed by atoms with Gasteiger partial charge in [-0.15, -0.1) is 0 Å². The van der Waals surface area contributed by atoms with Crippen LogP contribution in [-0.2, 0) is 11.3 Å². The lowest BCUT2D eigenvalue weighted by Gasteiger charge is -2.25. The highest BCUT2D eigenvalue weighted by molar-refractivity contribution is 6.30. The summed E-state index contributed by atoms with van der Waals surface area (Å²) in [6.45, 7) is 5.04. The van der Waals surface area contributed by atoms with Gasteiger partial charge in [-0.05, 0) is 32.7 Å². The predicted molar refractivity (Wildman–Crippen MR) is 70.8 cm³/mol. The van der Waals surface area contributed by atoms with Crippen molar-refractivity contribution in [3.63, 3.8) is 0 Å². The Labute approximate surface area is 112 Å². The van der Waals surface area contributed by atoms with Crippen molar-refractivity contribution in [2.45, 2.75) is 45.2 Å². The molecule has 18 heavy (non-hydrogen) atoms. The zero-order chi connectivity index (χ0) is 13.6. The van der Waals surface area contributed by atoms with E-state index in [9.17, 15) is 9.90 Å². The molecule has 1 heterocycles. The number of hydrogen-bond acceptors (Lipinski definition) is 3. The highest BCUT2D eigenvalue weighted by atomic mass is 35.5. The molecule has 0 aromatic carbocycles. The first-order chi connectivity index (χ1) is 8.48. The van der Waals surface area contributed by atoms with Gasteiger partial charge >= 0.3 is 5.97 Å². The number of carbonyl (C=O) groups is 1. The number of aromatic nitrogens is 2. The molecule has 0 spiro atoms. The molecule has 0 radical (unpaired) electrons. The van der Waals surface area contributed by atoms with Crippen molar-refractivity contribution in [3.8, 4) is 0 Å². The van der Waals surface area contributed by atoms with Gasteiger partial charge in [0.15, 0.2) is 0 Å². The summed E-state index contributed by atoms with van der Waals surface area (Å²) in [5.41, 5.74) is -0.837. The van der Waals surface area contributed by atoms with Crippen molar-refractivity contribution < 1.29 is 9.90 Å². The van der Waals surface area contributed by atoms with E-state index in [1.807, 2.05) is 6.92 Å². The van der Waals surface area contributed by atoms with Crippen molar-refractivity contribution in [2.24, 2.45) is 0 Å². The smallest absolute Gasteiger partial charge is 0.323 e. The van der Waals surface area contributed by atoms with Gasteiger partial charge in [0.1, 0.15) is 5.54 Å².